The molecular formula is C19H30FN3O2. The Labute approximate surface area is 149 Å². The Hall–Kier alpha value is -1.82. The van der Waals surface area contributed by atoms with Crippen molar-refractivity contribution >= 4 is 11.6 Å². The molecule has 0 spiro atoms. The van der Waals surface area contributed by atoms with Gasteiger partial charge in [0.2, 0.25) is 0 Å². The lowest BCUT2D eigenvalue weighted by molar-refractivity contribution is 0.146. The molecule has 3 N–H and O–H groups in total. The number of anilines is 1. The maximum atomic E-state index is 13.5. The summed E-state index contributed by atoms with van der Waals surface area (Å²) in [5, 5.41) is 16.4. The Morgan fingerprint density at radius 2 is 2.04 bits per heavy atom. The maximum Gasteiger partial charge on any atom is 0.196 e. The lowest BCUT2D eigenvalue weighted by Crippen LogP contribution is -2.39. The molecule has 0 heterocycles. The normalized spacial score (nSPS) is 16.5. The molecule has 0 amide bonds. The van der Waals surface area contributed by atoms with Crippen LogP contribution >= 0.6 is 0 Å². The average Bonchev–Trinajstić information content (AvgIpc) is 2.86. The second-order valence-electron chi connectivity index (χ2n) is 6.40. The Morgan fingerprint density at radius 3 is 2.76 bits per heavy atom. The Morgan fingerprint density at radius 1 is 1.28 bits per heavy atom. The molecule has 1 saturated carbocycles. The van der Waals surface area contributed by atoms with E-state index < -0.39 is 5.82 Å². The first-order valence-corrected chi connectivity index (χ1v) is 9.33. The zero-order chi connectivity index (χ0) is 17.9. The summed E-state index contributed by atoms with van der Waals surface area (Å²) in [4.78, 5) is 4.57. The number of nitrogens with one attached hydrogen (secondary N) is 2. The number of ether oxygens (including phenoxy) is 1. The van der Waals surface area contributed by atoms with Gasteiger partial charge < -0.3 is 20.5 Å². The van der Waals surface area contributed by atoms with Crippen LogP contribution in [-0.4, -0.2) is 36.9 Å². The number of aromatic hydroxyl groups is 1. The number of guanidine groups is 1. The fourth-order valence-electron chi connectivity index (χ4n) is 2.98. The number of benzene rings is 1. The molecule has 1 fully saturated rings. The molecule has 6 heteroatoms. The van der Waals surface area contributed by atoms with Crippen LogP contribution in [0.25, 0.3) is 0 Å². The van der Waals surface area contributed by atoms with Crippen LogP contribution < -0.4 is 10.6 Å². The smallest absolute Gasteiger partial charge is 0.196 e. The van der Waals surface area contributed by atoms with Crippen LogP contribution in [0.2, 0.25) is 0 Å². The molecule has 0 aliphatic heterocycles. The summed E-state index contributed by atoms with van der Waals surface area (Å²) >= 11 is 0. The van der Waals surface area contributed by atoms with Crippen molar-refractivity contribution in [3.8, 4) is 5.75 Å². The highest BCUT2D eigenvalue weighted by Crippen LogP contribution is 2.24. The summed E-state index contributed by atoms with van der Waals surface area (Å²) in [6, 6.07) is 4.21. The molecule has 1 aromatic rings. The Bertz CT molecular complexity index is 543. The van der Waals surface area contributed by atoms with Crippen molar-refractivity contribution in [1.82, 2.24) is 5.32 Å². The summed E-state index contributed by atoms with van der Waals surface area (Å²) in [6.07, 6.45) is 8.00. The van der Waals surface area contributed by atoms with E-state index in [1.807, 2.05) is 6.92 Å². The molecule has 5 nitrogen and oxygen atoms in total. The van der Waals surface area contributed by atoms with E-state index in [0.717, 1.165) is 19.3 Å². The summed E-state index contributed by atoms with van der Waals surface area (Å²) in [5.41, 5.74) is 0.324. The van der Waals surface area contributed by atoms with Crippen LogP contribution in [-0.2, 0) is 4.74 Å². The van der Waals surface area contributed by atoms with Gasteiger partial charge in [0.25, 0.3) is 0 Å². The quantitative estimate of drug-likeness (QED) is 0.228. The van der Waals surface area contributed by atoms with Crippen LogP contribution in [0.3, 0.4) is 0 Å². The first-order valence-electron chi connectivity index (χ1n) is 9.33. The highest BCUT2D eigenvalue weighted by Gasteiger charge is 2.15. The molecule has 0 aromatic heterocycles. The number of nitrogens with zero attached hydrogens (tertiary/aromatic N) is 1. The molecule has 1 aliphatic rings. The van der Waals surface area contributed by atoms with Crippen LogP contribution in [0.1, 0.15) is 51.9 Å². The van der Waals surface area contributed by atoms with Gasteiger partial charge >= 0.3 is 0 Å². The van der Waals surface area contributed by atoms with E-state index in [1.54, 1.807) is 0 Å². The largest absolute Gasteiger partial charge is 0.506 e. The number of aliphatic imine (C=N–C) groups is 1. The molecule has 0 saturated heterocycles. The fourth-order valence-corrected chi connectivity index (χ4v) is 2.98. The standard InChI is InChI=1S/C19H30FN3O2/c1-2-25-13-7-12-21-19(22-16-8-5-3-4-6-9-16)23-17-14-15(20)10-11-18(17)24/h10-11,14,16,24H,2-9,12-13H2,1H3,(H2,21,22,23). The molecule has 1 aromatic carbocycles. The summed E-state index contributed by atoms with van der Waals surface area (Å²) < 4.78 is 18.8. The van der Waals surface area contributed by atoms with Crippen molar-refractivity contribution in [1.29, 1.82) is 0 Å². The summed E-state index contributed by atoms with van der Waals surface area (Å²) in [7, 11) is 0. The van der Waals surface area contributed by atoms with Crippen molar-refractivity contribution in [3.63, 3.8) is 0 Å². The van der Waals surface area contributed by atoms with Gasteiger partial charge in [0.1, 0.15) is 11.6 Å². The lowest BCUT2D eigenvalue weighted by atomic mass is 10.1. The zero-order valence-electron chi connectivity index (χ0n) is 15.1. The van der Waals surface area contributed by atoms with Crippen molar-refractivity contribution in [2.45, 2.75) is 57.9 Å². The number of hydrogen-bond donors (Lipinski definition) is 3. The third kappa shape index (κ3) is 7.30. The van der Waals surface area contributed by atoms with Crippen molar-refractivity contribution in [3.05, 3.63) is 24.0 Å². The fraction of sp³-hybridized carbons (Fsp3) is 0.632. The second-order valence-corrected chi connectivity index (χ2v) is 6.40. The molecule has 25 heavy (non-hydrogen) atoms. The molecule has 0 radical (unpaired) electrons. The minimum absolute atomic E-state index is 0.00563. The highest BCUT2D eigenvalue weighted by molar-refractivity contribution is 5.95. The molecule has 0 atom stereocenters. The van der Waals surface area contributed by atoms with Crippen LogP contribution in [0.15, 0.2) is 23.2 Å². The third-order valence-electron chi connectivity index (χ3n) is 4.33. The van der Waals surface area contributed by atoms with E-state index in [2.05, 4.69) is 15.6 Å². The first kappa shape index (κ1) is 19.5. The van der Waals surface area contributed by atoms with E-state index in [1.165, 1.54) is 43.9 Å². The minimum atomic E-state index is -0.398. The van der Waals surface area contributed by atoms with Crippen molar-refractivity contribution < 1.29 is 14.2 Å². The number of halogens is 1. The van der Waals surface area contributed by atoms with Gasteiger partial charge in [-0.2, -0.15) is 0 Å². The maximum absolute atomic E-state index is 13.5. The third-order valence-corrected chi connectivity index (χ3v) is 4.33. The van der Waals surface area contributed by atoms with E-state index in [0.29, 0.717) is 37.4 Å². The number of phenols is 1. The van der Waals surface area contributed by atoms with Crippen LogP contribution in [0, 0.1) is 5.82 Å². The van der Waals surface area contributed by atoms with E-state index in [-0.39, 0.29) is 5.75 Å². The molecule has 140 valence electrons. The van der Waals surface area contributed by atoms with Crippen LogP contribution in [0.4, 0.5) is 10.1 Å². The van der Waals surface area contributed by atoms with Gasteiger partial charge in [0.05, 0.1) is 5.69 Å². The zero-order valence-corrected chi connectivity index (χ0v) is 15.1. The molecule has 2 rings (SSSR count). The first-order chi connectivity index (χ1) is 12.2. The average molecular weight is 351 g/mol. The predicted molar refractivity (Wildman–Crippen MR) is 99.7 cm³/mol. The predicted octanol–water partition coefficient (Wildman–Crippen LogP) is 4.04. The lowest BCUT2D eigenvalue weighted by Gasteiger charge is -2.20. The molecule has 1 aliphatic carbocycles. The van der Waals surface area contributed by atoms with Gasteiger partial charge in [0.15, 0.2) is 5.96 Å². The van der Waals surface area contributed by atoms with Gasteiger partial charge in [-0.1, -0.05) is 25.7 Å². The molecule has 0 bridgehead atoms. The van der Waals surface area contributed by atoms with Gasteiger partial charge in [0, 0.05) is 31.9 Å². The minimum Gasteiger partial charge on any atom is -0.506 e. The highest BCUT2D eigenvalue weighted by atomic mass is 19.1. The van der Waals surface area contributed by atoms with E-state index in [9.17, 15) is 9.50 Å². The number of phenolic OH excluding ortho intramolecular Hbond substituents is 1. The SMILES string of the molecule is CCOCCCN=C(Nc1cc(F)ccc1O)NC1CCCCCC1. The Balaban J connectivity index is 2.01. The van der Waals surface area contributed by atoms with Gasteiger partial charge in [-0.05, 0) is 38.3 Å². The van der Waals surface area contributed by atoms with Crippen LogP contribution in [0.5, 0.6) is 5.75 Å². The number of hydrogen-bond acceptors (Lipinski definition) is 3. The van der Waals surface area contributed by atoms with Gasteiger partial charge in [-0.3, -0.25) is 4.99 Å². The van der Waals surface area contributed by atoms with E-state index in [4.69, 9.17) is 4.74 Å². The Kier molecular flexibility index (Phi) is 8.52. The summed E-state index contributed by atoms with van der Waals surface area (Å²) in [6.45, 7) is 3.95. The monoisotopic (exact) mass is 351 g/mol. The topological polar surface area (TPSA) is 65.9 Å². The van der Waals surface area contributed by atoms with Gasteiger partial charge in [-0.15, -0.1) is 0 Å². The number of rotatable bonds is 7. The van der Waals surface area contributed by atoms with E-state index >= 15 is 0 Å². The molecule has 0 unspecified atom stereocenters. The van der Waals surface area contributed by atoms with Crippen molar-refractivity contribution in [2.24, 2.45) is 4.99 Å². The summed E-state index contributed by atoms with van der Waals surface area (Å²) in [5.74, 6) is 0.195. The van der Waals surface area contributed by atoms with Crippen molar-refractivity contribution in [2.75, 3.05) is 25.1 Å². The molecular weight excluding hydrogens is 321 g/mol. The van der Waals surface area contributed by atoms with Gasteiger partial charge in [-0.25, -0.2) is 4.39 Å². The second kappa shape index (κ2) is 10.9.